The highest BCUT2D eigenvalue weighted by molar-refractivity contribution is 8.00. The van der Waals surface area contributed by atoms with Crippen LogP contribution in [-0.4, -0.2) is 59.8 Å². The lowest BCUT2D eigenvalue weighted by Crippen LogP contribution is -2.76. The van der Waals surface area contributed by atoms with Crippen molar-refractivity contribution in [3.63, 3.8) is 0 Å². The number of nitrogens with zero attached hydrogens (tertiary/aromatic N) is 3. The maximum Gasteiger partial charge on any atom is 0.170 e. The lowest BCUT2D eigenvalue weighted by molar-refractivity contribution is -0.249. The minimum absolute atomic E-state index is 0.00602. The van der Waals surface area contributed by atoms with Gasteiger partial charge in [0.05, 0.1) is 0 Å². The number of para-hydroxylation sites is 1. The Labute approximate surface area is 256 Å². The number of aliphatic hydroxyl groups is 1. The molecule has 1 aromatic rings. The predicted molar refractivity (Wildman–Crippen MR) is 180 cm³/mol. The van der Waals surface area contributed by atoms with Gasteiger partial charge >= 0.3 is 0 Å². The monoisotopic (exact) mass is 594 g/mol. The first kappa shape index (κ1) is 35.8. The smallest absolute Gasteiger partial charge is 0.170 e. The first-order valence-corrected chi connectivity index (χ1v) is 18.2. The maximum absolute atomic E-state index is 12.1. The number of nitrogens with one attached hydrogen (secondary N) is 1. The van der Waals surface area contributed by atoms with E-state index in [0.717, 1.165) is 17.2 Å². The third kappa shape index (κ3) is 11.7. The van der Waals surface area contributed by atoms with E-state index in [2.05, 4.69) is 106 Å². The van der Waals surface area contributed by atoms with Gasteiger partial charge in [0.25, 0.3) is 0 Å². The summed E-state index contributed by atoms with van der Waals surface area (Å²) in [5.41, 5.74) is 4.52. The van der Waals surface area contributed by atoms with Gasteiger partial charge < -0.3 is 10.5 Å². The van der Waals surface area contributed by atoms with Gasteiger partial charge in [-0.05, 0) is 78.0 Å². The number of hydrazine groups is 1. The van der Waals surface area contributed by atoms with Crippen molar-refractivity contribution in [1.82, 2.24) is 14.8 Å². The Morgan fingerprint density at radius 3 is 1.45 bits per heavy atom. The first-order chi connectivity index (χ1) is 19.0. The van der Waals surface area contributed by atoms with Crippen LogP contribution in [0.1, 0.15) is 132 Å². The molecule has 0 spiro atoms. The zero-order valence-electron chi connectivity index (χ0n) is 27.1. The van der Waals surface area contributed by atoms with Gasteiger partial charge in [0, 0.05) is 16.8 Å². The van der Waals surface area contributed by atoms with Crippen molar-refractivity contribution in [3.05, 3.63) is 30.3 Å². The molecule has 232 valence electrons. The Bertz CT molecular complexity index is 739. The van der Waals surface area contributed by atoms with E-state index in [1.165, 1.54) is 77.0 Å². The zero-order valence-corrected chi connectivity index (χ0v) is 28.8. The molecular formula is C33H62N4OS2. The van der Waals surface area contributed by atoms with Crippen LogP contribution in [0.2, 0.25) is 0 Å². The summed E-state index contributed by atoms with van der Waals surface area (Å²) in [6.07, 6.45) is 14.9. The molecule has 2 atom stereocenters. The molecule has 0 bridgehead atoms. The average Bonchev–Trinajstić information content (AvgIpc) is 2.88. The van der Waals surface area contributed by atoms with Crippen LogP contribution in [-0.2, 0) is 0 Å². The third-order valence-electron chi connectivity index (χ3n) is 7.56. The molecule has 0 saturated carbocycles. The van der Waals surface area contributed by atoms with Crippen molar-refractivity contribution in [1.29, 1.82) is 0 Å². The van der Waals surface area contributed by atoms with E-state index in [1.807, 2.05) is 23.5 Å². The molecule has 0 aromatic heterocycles. The molecular weight excluding hydrogens is 533 g/mol. The second kappa shape index (κ2) is 18.3. The zero-order chi connectivity index (χ0) is 29.6. The van der Waals surface area contributed by atoms with E-state index in [9.17, 15) is 5.11 Å². The summed E-state index contributed by atoms with van der Waals surface area (Å²) in [6, 6.07) is 10.6. The van der Waals surface area contributed by atoms with Crippen LogP contribution in [0, 0.1) is 0 Å². The van der Waals surface area contributed by atoms with Gasteiger partial charge in [-0.2, -0.15) is 5.01 Å². The molecule has 1 fully saturated rings. The molecule has 1 aliphatic rings. The van der Waals surface area contributed by atoms with Gasteiger partial charge in [0.15, 0.2) is 6.35 Å². The lowest BCUT2D eigenvalue weighted by Gasteiger charge is -2.61. The van der Waals surface area contributed by atoms with Crippen molar-refractivity contribution in [2.45, 2.75) is 161 Å². The van der Waals surface area contributed by atoms with E-state index in [1.54, 1.807) is 0 Å². The van der Waals surface area contributed by atoms with E-state index in [0.29, 0.717) is 0 Å². The first-order valence-electron chi connectivity index (χ1n) is 16.1. The highest BCUT2D eigenvalue weighted by atomic mass is 32.2. The van der Waals surface area contributed by atoms with Crippen LogP contribution >= 0.6 is 23.5 Å². The molecule has 0 amide bonds. The minimum atomic E-state index is -0.669. The summed E-state index contributed by atoms with van der Waals surface area (Å²) >= 11 is 3.97. The summed E-state index contributed by atoms with van der Waals surface area (Å²) in [6.45, 7) is 18.0. The Kier molecular flexibility index (Phi) is 16.3. The van der Waals surface area contributed by atoms with Crippen LogP contribution in [0.5, 0.6) is 0 Å². The summed E-state index contributed by atoms with van der Waals surface area (Å²) < 4.78 is 0. The Morgan fingerprint density at radius 2 is 1.05 bits per heavy atom. The molecule has 0 aliphatic carbocycles. The summed E-state index contributed by atoms with van der Waals surface area (Å²) in [7, 11) is 0. The van der Waals surface area contributed by atoms with E-state index < -0.39 is 6.35 Å². The summed E-state index contributed by atoms with van der Waals surface area (Å²) in [4.78, 5) is 4.63. The number of anilines is 1. The molecule has 5 nitrogen and oxygen atoms in total. The number of rotatable bonds is 18. The summed E-state index contributed by atoms with van der Waals surface area (Å²) in [5.74, 6) is 2.18. The van der Waals surface area contributed by atoms with Crippen LogP contribution in [0.25, 0.3) is 0 Å². The standard InChI is InChI=1S/C33H62N4OS2/c1-9-11-13-15-17-22-26-39-30-35(32(3,4)5)29(38)36(33(6,7)8)31(40-27-23-18-16-14-12-10-2)37(30)34-28-24-20-19-21-25-28/h19-21,24-25,29-31,34,38H,9-18,22-23,26-27H2,1-8H3. The quantitative estimate of drug-likeness (QED) is 0.164. The fourth-order valence-electron chi connectivity index (χ4n) is 5.33. The minimum Gasteiger partial charge on any atom is -0.365 e. The second-order valence-corrected chi connectivity index (χ2v) is 15.6. The molecule has 0 radical (unpaired) electrons. The number of benzene rings is 1. The third-order valence-corrected chi connectivity index (χ3v) is 10.1. The molecule has 2 rings (SSSR count). The van der Waals surface area contributed by atoms with E-state index >= 15 is 0 Å². The van der Waals surface area contributed by atoms with Gasteiger partial charge in [-0.25, -0.2) is 9.80 Å². The molecule has 40 heavy (non-hydrogen) atoms. The van der Waals surface area contributed by atoms with Crippen LogP contribution in [0.4, 0.5) is 5.69 Å². The second-order valence-electron chi connectivity index (χ2n) is 13.3. The number of unbranched alkanes of at least 4 members (excludes halogenated alkanes) is 10. The molecule has 2 N–H and O–H groups in total. The fourth-order valence-corrected chi connectivity index (χ4v) is 8.40. The van der Waals surface area contributed by atoms with Crippen LogP contribution < -0.4 is 5.43 Å². The highest BCUT2D eigenvalue weighted by Crippen LogP contribution is 2.43. The molecule has 2 unspecified atom stereocenters. The highest BCUT2D eigenvalue weighted by Gasteiger charge is 2.53. The molecule has 7 heteroatoms. The lowest BCUT2D eigenvalue weighted by atomic mass is 10.0. The largest absolute Gasteiger partial charge is 0.365 e. The molecule has 1 heterocycles. The van der Waals surface area contributed by atoms with E-state index in [4.69, 9.17) is 0 Å². The number of aliphatic hydroxyl groups excluding tert-OH is 1. The van der Waals surface area contributed by atoms with Crippen molar-refractivity contribution in [2.75, 3.05) is 16.9 Å². The topological polar surface area (TPSA) is 42.0 Å². The van der Waals surface area contributed by atoms with Crippen molar-refractivity contribution in [3.8, 4) is 0 Å². The van der Waals surface area contributed by atoms with Gasteiger partial charge in [0.2, 0.25) is 0 Å². The van der Waals surface area contributed by atoms with Gasteiger partial charge in [0.1, 0.15) is 11.0 Å². The van der Waals surface area contributed by atoms with Crippen LogP contribution in [0.3, 0.4) is 0 Å². The van der Waals surface area contributed by atoms with Gasteiger partial charge in [-0.1, -0.05) is 96.3 Å². The van der Waals surface area contributed by atoms with Crippen molar-refractivity contribution < 1.29 is 5.11 Å². The normalized spacial score (nSPS) is 21.7. The Morgan fingerprint density at radius 1 is 0.650 bits per heavy atom. The molecule has 1 aliphatic heterocycles. The molecule has 1 saturated heterocycles. The molecule has 1 aromatic carbocycles. The van der Waals surface area contributed by atoms with Crippen LogP contribution in [0.15, 0.2) is 30.3 Å². The van der Waals surface area contributed by atoms with Crippen molar-refractivity contribution >= 4 is 29.2 Å². The predicted octanol–water partition coefficient (Wildman–Crippen LogP) is 9.56. The van der Waals surface area contributed by atoms with E-state index in [-0.39, 0.29) is 22.1 Å². The number of hydrogen-bond acceptors (Lipinski definition) is 7. The number of hydrogen-bond donors (Lipinski definition) is 2. The van der Waals surface area contributed by atoms with Crippen molar-refractivity contribution in [2.24, 2.45) is 0 Å². The Hall–Kier alpha value is -0.440. The average molecular weight is 595 g/mol. The summed E-state index contributed by atoms with van der Waals surface area (Å²) in [5, 5.41) is 14.5. The fraction of sp³-hybridized carbons (Fsp3) is 0.818. The maximum atomic E-state index is 12.1. The van der Waals surface area contributed by atoms with Gasteiger partial charge in [-0.3, -0.25) is 0 Å². The number of thioether (sulfide) groups is 2. The van der Waals surface area contributed by atoms with Gasteiger partial charge in [-0.15, -0.1) is 23.5 Å². The SMILES string of the molecule is CCCCCCCCSC1N(Nc2ccccc2)C(SCCCCCCCC)N(C(C)(C)C)C(O)N1C(C)(C)C. The Balaban J connectivity index is 2.33.